The van der Waals surface area contributed by atoms with Gasteiger partial charge in [-0.2, -0.15) is 0 Å². The first-order valence-corrected chi connectivity index (χ1v) is 8.69. The molecule has 3 aromatic rings. The number of hydrogen-bond acceptors (Lipinski definition) is 7. The summed E-state index contributed by atoms with van der Waals surface area (Å²) in [4.78, 5) is 25.3. The molecule has 3 aromatic heterocycles. The Balaban J connectivity index is 0.00000169. The van der Waals surface area contributed by atoms with Crippen molar-refractivity contribution in [3.63, 3.8) is 0 Å². The number of aromatic nitrogens is 3. The Morgan fingerprint density at radius 3 is 2.73 bits per heavy atom. The average molecular weight is 415 g/mol. The number of halogens is 2. The monoisotopic (exact) mass is 414 g/mol. The molecule has 1 unspecified atom stereocenters. The number of carbonyl (C=O) groups excluding carboxylic acids is 1. The maximum Gasteiger partial charge on any atom is 0.358 e. The Labute approximate surface area is 168 Å². The van der Waals surface area contributed by atoms with E-state index in [0.29, 0.717) is 18.2 Å². The SMILES string of the molecule is CCOC(=O)c1nc(NC(CC)c2cccnc2)nc2ccsc12.Cl.Cl. The van der Waals surface area contributed by atoms with Gasteiger partial charge in [0.1, 0.15) is 0 Å². The van der Waals surface area contributed by atoms with E-state index in [1.807, 2.05) is 29.8 Å². The van der Waals surface area contributed by atoms with Crippen LogP contribution >= 0.6 is 36.2 Å². The highest BCUT2D eigenvalue weighted by Crippen LogP contribution is 2.26. The third kappa shape index (κ3) is 4.81. The van der Waals surface area contributed by atoms with Crippen LogP contribution in [0.5, 0.6) is 0 Å². The Hall–Kier alpha value is -1.96. The van der Waals surface area contributed by atoms with Crippen molar-refractivity contribution in [1.29, 1.82) is 0 Å². The van der Waals surface area contributed by atoms with Gasteiger partial charge in [0.2, 0.25) is 5.95 Å². The van der Waals surface area contributed by atoms with E-state index in [2.05, 4.69) is 27.2 Å². The van der Waals surface area contributed by atoms with Gasteiger partial charge in [-0.15, -0.1) is 36.2 Å². The molecule has 0 spiro atoms. The van der Waals surface area contributed by atoms with Crippen molar-refractivity contribution in [2.75, 3.05) is 11.9 Å². The van der Waals surface area contributed by atoms with Crippen LogP contribution in [-0.2, 0) is 4.74 Å². The molecule has 0 fully saturated rings. The fraction of sp³-hybridized carbons (Fsp3) is 0.294. The van der Waals surface area contributed by atoms with E-state index < -0.39 is 5.97 Å². The van der Waals surface area contributed by atoms with Crippen LogP contribution in [0.2, 0.25) is 0 Å². The van der Waals surface area contributed by atoms with Gasteiger partial charge in [0.15, 0.2) is 5.69 Å². The molecule has 0 aliphatic carbocycles. The highest BCUT2D eigenvalue weighted by atomic mass is 35.5. The minimum absolute atomic E-state index is 0. The second-order valence-electron chi connectivity index (χ2n) is 5.14. The van der Waals surface area contributed by atoms with E-state index in [0.717, 1.165) is 22.2 Å². The van der Waals surface area contributed by atoms with Crippen LogP contribution in [0.15, 0.2) is 36.0 Å². The van der Waals surface area contributed by atoms with Crippen LogP contribution in [0, 0.1) is 0 Å². The molecule has 0 bridgehead atoms. The summed E-state index contributed by atoms with van der Waals surface area (Å²) in [5, 5.41) is 5.19. The summed E-state index contributed by atoms with van der Waals surface area (Å²) in [7, 11) is 0. The van der Waals surface area contributed by atoms with Crippen LogP contribution in [0.3, 0.4) is 0 Å². The predicted octanol–water partition coefficient (Wildman–Crippen LogP) is 4.67. The molecule has 0 amide bonds. The van der Waals surface area contributed by atoms with Gasteiger partial charge in [-0.25, -0.2) is 14.8 Å². The first kappa shape index (κ1) is 22.1. The van der Waals surface area contributed by atoms with E-state index in [1.54, 1.807) is 13.1 Å². The summed E-state index contributed by atoms with van der Waals surface area (Å²) in [6, 6.07) is 5.79. The molecule has 0 saturated heterocycles. The molecular formula is C17H20Cl2N4O2S. The zero-order valence-electron chi connectivity index (χ0n) is 14.3. The van der Waals surface area contributed by atoms with E-state index in [9.17, 15) is 4.79 Å². The molecule has 3 rings (SSSR count). The average Bonchev–Trinajstić information content (AvgIpc) is 3.08. The van der Waals surface area contributed by atoms with Crippen molar-refractivity contribution in [2.45, 2.75) is 26.3 Å². The van der Waals surface area contributed by atoms with Crippen LogP contribution < -0.4 is 5.32 Å². The van der Waals surface area contributed by atoms with Gasteiger partial charge in [0, 0.05) is 12.4 Å². The molecule has 140 valence electrons. The number of hydrogen-bond donors (Lipinski definition) is 1. The third-order valence-corrected chi connectivity index (χ3v) is 4.48. The topological polar surface area (TPSA) is 77.0 Å². The number of pyridine rings is 1. The van der Waals surface area contributed by atoms with Gasteiger partial charge >= 0.3 is 5.97 Å². The summed E-state index contributed by atoms with van der Waals surface area (Å²) in [5.74, 6) is -0.00974. The lowest BCUT2D eigenvalue weighted by Gasteiger charge is -2.17. The fourth-order valence-corrected chi connectivity index (χ4v) is 3.23. The largest absolute Gasteiger partial charge is 0.461 e. The van der Waals surface area contributed by atoms with E-state index in [1.165, 1.54) is 11.3 Å². The number of esters is 1. The highest BCUT2D eigenvalue weighted by Gasteiger charge is 2.19. The third-order valence-electron chi connectivity index (χ3n) is 3.57. The number of anilines is 1. The Kier molecular flexibility index (Phi) is 8.71. The maximum atomic E-state index is 12.2. The van der Waals surface area contributed by atoms with Gasteiger partial charge < -0.3 is 10.1 Å². The number of fused-ring (bicyclic) bond motifs is 1. The van der Waals surface area contributed by atoms with E-state index in [-0.39, 0.29) is 30.9 Å². The normalized spacial score (nSPS) is 11.2. The first-order chi connectivity index (χ1) is 11.7. The Morgan fingerprint density at radius 1 is 1.27 bits per heavy atom. The van der Waals surface area contributed by atoms with Crippen molar-refractivity contribution < 1.29 is 9.53 Å². The number of carbonyl (C=O) groups is 1. The van der Waals surface area contributed by atoms with Gasteiger partial charge in [-0.1, -0.05) is 13.0 Å². The van der Waals surface area contributed by atoms with Crippen LogP contribution in [0.4, 0.5) is 5.95 Å². The second-order valence-corrected chi connectivity index (χ2v) is 6.06. The summed E-state index contributed by atoms with van der Waals surface area (Å²) < 4.78 is 5.86. The van der Waals surface area contributed by atoms with Gasteiger partial charge in [0.25, 0.3) is 0 Å². The molecule has 0 aliphatic rings. The lowest BCUT2D eigenvalue weighted by Crippen LogP contribution is -2.15. The predicted molar refractivity (Wildman–Crippen MR) is 109 cm³/mol. The quantitative estimate of drug-likeness (QED) is 0.590. The van der Waals surface area contributed by atoms with E-state index in [4.69, 9.17) is 4.74 Å². The number of ether oxygens (including phenoxy) is 1. The molecule has 3 heterocycles. The number of thiophene rings is 1. The minimum Gasteiger partial charge on any atom is -0.461 e. The Bertz CT molecular complexity index is 845. The van der Waals surface area contributed by atoms with Crippen molar-refractivity contribution in [3.8, 4) is 0 Å². The maximum absolute atomic E-state index is 12.2. The van der Waals surface area contributed by atoms with Crippen molar-refractivity contribution >= 4 is 58.3 Å². The van der Waals surface area contributed by atoms with Gasteiger partial charge in [-0.05, 0) is 36.4 Å². The molecular weight excluding hydrogens is 395 g/mol. The van der Waals surface area contributed by atoms with Crippen molar-refractivity contribution in [3.05, 3.63) is 47.2 Å². The summed E-state index contributed by atoms with van der Waals surface area (Å²) in [6.07, 6.45) is 4.39. The smallest absolute Gasteiger partial charge is 0.358 e. The summed E-state index contributed by atoms with van der Waals surface area (Å²) in [5.41, 5.74) is 2.09. The zero-order valence-corrected chi connectivity index (χ0v) is 16.8. The molecule has 26 heavy (non-hydrogen) atoms. The number of rotatable bonds is 6. The highest BCUT2D eigenvalue weighted by molar-refractivity contribution is 7.17. The van der Waals surface area contributed by atoms with Gasteiger partial charge in [-0.3, -0.25) is 4.98 Å². The van der Waals surface area contributed by atoms with Crippen molar-refractivity contribution in [2.24, 2.45) is 0 Å². The first-order valence-electron chi connectivity index (χ1n) is 7.81. The molecule has 6 nitrogen and oxygen atoms in total. The molecule has 0 aromatic carbocycles. The summed E-state index contributed by atoms with van der Waals surface area (Å²) >= 11 is 1.43. The molecule has 0 saturated carbocycles. The molecule has 1 atom stereocenters. The second kappa shape index (κ2) is 10.3. The van der Waals surface area contributed by atoms with Crippen molar-refractivity contribution in [1.82, 2.24) is 15.0 Å². The number of nitrogens with one attached hydrogen (secondary N) is 1. The van der Waals surface area contributed by atoms with Crippen LogP contribution in [-0.4, -0.2) is 27.5 Å². The lowest BCUT2D eigenvalue weighted by atomic mass is 10.1. The van der Waals surface area contributed by atoms with Gasteiger partial charge in [0.05, 0.1) is 22.9 Å². The molecule has 0 radical (unpaired) electrons. The summed E-state index contributed by atoms with van der Waals surface area (Å²) in [6.45, 7) is 4.16. The standard InChI is InChI=1S/C17H18N4O2S.2ClH/c1-3-12(11-6-5-8-18-10-11)19-17-20-13-7-9-24-15(13)14(21-17)16(22)23-4-2;;/h5-10,12H,3-4H2,1-2H3,(H,19,20,21);2*1H. The van der Waals surface area contributed by atoms with E-state index >= 15 is 0 Å². The minimum atomic E-state index is -0.426. The molecule has 1 N–H and O–H groups in total. The van der Waals surface area contributed by atoms with Crippen LogP contribution in [0.1, 0.15) is 42.4 Å². The lowest BCUT2D eigenvalue weighted by molar-refractivity contribution is 0.0522. The number of nitrogens with zero attached hydrogens (tertiary/aromatic N) is 3. The molecule has 9 heteroatoms. The fourth-order valence-electron chi connectivity index (χ4n) is 2.42. The van der Waals surface area contributed by atoms with Crippen LogP contribution in [0.25, 0.3) is 10.2 Å². The Morgan fingerprint density at radius 2 is 2.08 bits per heavy atom. The molecule has 0 aliphatic heterocycles. The zero-order chi connectivity index (χ0) is 16.9.